The first-order valence-corrected chi connectivity index (χ1v) is 6.69. The van der Waals surface area contributed by atoms with Crippen LogP contribution in [0.5, 0.6) is 5.75 Å². The number of imidazole rings is 1. The summed E-state index contributed by atoms with van der Waals surface area (Å²) in [6, 6.07) is 7.21. The van der Waals surface area contributed by atoms with Gasteiger partial charge in [0.2, 0.25) is 0 Å². The van der Waals surface area contributed by atoms with Gasteiger partial charge in [0.05, 0.1) is 40.3 Å². The SMILES string of the molecule is COc1ccc(-c2nc3ccc(C(F)(F)F)cc3[nH]2)c([N+](=O)[O-])c1. The molecule has 0 radical (unpaired) electrons. The summed E-state index contributed by atoms with van der Waals surface area (Å²) in [5, 5.41) is 11.2. The third-order valence-corrected chi connectivity index (χ3v) is 3.47. The standard InChI is InChI=1S/C15H10F3N3O3/c1-24-9-3-4-10(13(7-9)21(22)23)14-19-11-5-2-8(15(16,17)18)6-12(11)20-14/h2-7H,1H3,(H,19,20). The predicted molar refractivity (Wildman–Crippen MR) is 79.7 cm³/mol. The summed E-state index contributed by atoms with van der Waals surface area (Å²) in [4.78, 5) is 17.5. The molecule has 1 N–H and O–H groups in total. The molecular weight excluding hydrogens is 327 g/mol. The van der Waals surface area contributed by atoms with Crippen LogP contribution >= 0.6 is 0 Å². The number of hydrogen-bond acceptors (Lipinski definition) is 4. The quantitative estimate of drug-likeness (QED) is 0.574. The van der Waals surface area contributed by atoms with Crippen LogP contribution in [0.2, 0.25) is 0 Å². The van der Waals surface area contributed by atoms with E-state index >= 15 is 0 Å². The van der Waals surface area contributed by atoms with Crippen molar-refractivity contribution in [2.24, 2.45) is 0 Å². The molecule has 0 spiro atoms. The molecule has 124 valence electrons. The molecule has 3 aromatic rings. The third kappa shape index (κ3) is 2.75. The molecule has 6 nitrogen and oxygen atoms in total. The number of nitro groups is 1. The number of aromatic amines is 1. The molecule has 2 aromatic carbocycles. The van der Waals surface area contributed by atoms with E-state index in [1.54, 1.807) is 0 Å². The van der Waals surface area contributed by atoms with Crippen LogP contribution in [0, 0.1) is 10.1 Å². The molecular formula is C15H10F3N3O3. The molecule has 9 heteroatoms. The van der Waals surface area contributed by atoms with Gasteiger partial charge in [-0.05, 0) is 30.3 Å². The molecule has 24 heavy (non-hydrogen) atoms. The van der Waals surface area contributed by atoms with Crippen molar-refractivity contribution in [3.8, 4) is 17.1 Å². The van der Waals surface area contributed by atoms with Crippen molar-refractivity contribution >= 4 is 16.7 Å². The second-order valence-electron chi connectivity index (χ2n) is 4.96. The van der Waals surface area contributed by atoms with Crippen LogP contribution in [-0.4, -0.2) is 22.0 Å². The van der Waals surface area contributed by atoms with E-state index in [1.165, 1.54) is 31.4 Å². The van der Waals surface area contributed by atoms with Crippen LogP contribution in [0.15, 0.2) is 36.4 Å². The molecule has 0 saturated heterocycles. The van der Waals surface area contributed by atoms with Crippen molar-refractivity contribution in [3.63, 3.8) is 0 Å². The van der Waals surface area contributed by atoms with Crippen molar-refractivity contribution in [1.82, 2.24) is 9.97 Å². The number of nitrogens with zero attached hydrogens (tertiary/aromatic N) is 2. The number of nitro benzene ring substituents is 1. The van der Waals surface area contributed by atoms with Gasteiger partial charge in [0.1, 0.15) is 11.6 Å². The summed E-state index contributed by atoms with van der Waals surface area (Å²) < 4.78 is 43.2. The summed E-state index contributed by atoms with van der Waals surface area (Å²) >= 11 is 0. The van der Waals surface area contributed by atoms with Crippen molar-refractivity contribution < 1.29 is 22.8 Å². The normalized spacial score (nSPS) is 11.7. The highest BCUT2D eigenvalue weighted by Gasteiger charge is 2.31. The Morgan fingerprint density at radius 3 is 2.58 bits per heavy atom. The molecule has 1 heterocycles. The topological polar surface area (TPSA) is 81.0 Å². The van der Waals surface area contributed by atoms with Gasteiger partial charge >= 0.3 is 6.18 Å². The fourth-order valence-corrected chi connectivity index (χ4v) is 2.30. The second kappa shape index (κ2) is 5.52. The zero-order chi connectivity index (χ0) is 17.5. The first-order valence-electron chi connectivity index (χ1n) is 6.69. The van der Waals surface area contributed by atoms with Crippen molar-refractivity contribution in [2.75, 3.05) is 7.11 Å². The van der Waals surface area contributed by atoms with E-state index in [4.69, 9.17) is 4.74 Å². The second-order valence-corrected chi connectivity index (χ2v) is 4.96. The number of ether oxygens (including phenoxy) is 1. The number of nitrogens with one attached hydrogen (secondary N) is 1. The fourth-order valence-electron chi connectivity index (χ4n) is 2.30. The van der Waals surface area contributed by atoms with Crippen LogP contribution in [0.3, 0.4) is 0 Å². The lowest BCUT2D eigenvalue weighted by Gasteiger charge is -2.05. The van der Waals surface area contributed by atoms with Gasteiger partial charge in [0.15, 0.2) is 0 Å². The van der Waals surface area contributed by atoms with Crippen LogP contribution < -0.4 is 4.74 Å². The third-order valence-electron chi connectivity index (χ3n) is 3.47. The minimum Gasteiger partial charge on any atom is -0.497 e. The highest BCUT2D eigenvalue weighted by molar-refractivity contribution is 5.82. The Hall–Kier alpha value is -3.10. The number of methoxy groups -OCH3 is 1. The van der Waals surface area contributed by atoms with Crippen LogP contribution in [0.1, 0.15) is 5.56 Å². The molecule has 0 atom stereocenters. The molecule has 0 saturated carbocycles. The Kier molecular flexibility index (Phi) is 3.63. The van der Waals surface area contributed by atoms with Gasteiger partial charge in [0.25, 0.3) is 5.69 Å². The number of halogens is 3. The van der Waals surface area contributed by atoms with Crippen LogP contribution in [0.4, 0.5) is 18.9 Å². The van der Waals surface area contributed by atoms with E-state index in [9.17, 15) is 23.3 Å². The molecule has 0 unspecified atom stereocenters. The summed E-state index contributed by atoms with van der Waals surface area (Å²) in [6.07, 6.45) is -4.48. The number of H-pyrrole nitrogens is 1. The van der Waals surface area contributed by atoms with Gasteiger partial charge in [0, 0.05) is 0 Å². The lowest BCUT2D eigenvalue weighted by molar-refractivity contribution is -0.384. The lowest BCUT2D eigenvalue weighted by atomic mass is 10.1. The summed E-state index contributed by atoms with van der Waals surface area (Å²) in [5.41, 5.74) is -0.502. The van der Waals surface area contributed by atoms with Crippen molar-refractivity contribution in [1.29, 1.82) is 0 Å². The smallest absolute Gasteiger partial charge is 0.416 e. The van der Waals surface area contributed by atoms with Gasteiger partial charge in [-0.25, -0.2) is 4.98 Å². The molecule has 0 fully saturated rings. The van der Waals surface area contributed by atoms with E-state index in [-0.39, 0.29) is 28.1 Å². The summed E-state index contributed by atoms with van der Waals surface area (Å²) in [7, 11) is 1.37. The van der Waals surface area contributed by atoms with Crippen LogP contribution in [0.25, 0.3) is 22.4 Å². The number of fused-ring (bicyclic) bond motifs is 1. The predicted octanol–water partition coefficient (Wildman–Crippen LogP) is 4.17. The Balaban J connectivity index is 2.15. The van der Waals surface area contributed by atoms with Gasteiger partial charge in [-0.15, -0.1) is 0 Å². The van der Waals surface area contributed by atoms with Gasteiger partial charge in [-0.3, -0.25) is 10.1 Å². The highest BCUT2D eigenvalue weighted by Crippen LogP contribution is 2.34. The number of alkyl halides is 3. The Bertz CT molecular complexity index is 935. The van der Waals surface area contributed by atoms with E-state index in [1.807, 2.05) is 0 Å². The molecule has 0 aliphatic carbocycles. The largest absolute Gasteiger partial charge is 0.497 e. The number of aromatic nitrogens is 2. The molecule has 0 amide bonds. The fraction of sp³-hybridized carbons (Fsp3) is 0.133. The lowest BCUT2D eigenvalue weighted by Crippen LogP contribution is -2.04. The number of benzene rings is 2. The maximum Gasteiger partial charge on any atom is 0.416 e. The average Bonchev–Trinajstić information content (AvgIpc) is 2.96. The van der Waals surface area contributed by atoms with Gasteiger partial charge in [-0.1, -0.05) is 0 Å². The maximum atomic E-state index is 12.8. The number of rotatable bonds is 3. The molecule has 0 aliphatic rings. The van der Waals surface area contributed by atoms with E-state index in [0.29, 0.717) is 5.75 Å². The van der Waals surface area contributed by atoms with Crippen LogP contribution in [-0.2, 0) is 6.18 Å². The first-order chi connectivity index (χ1) is 11.3. The molecule has 3 rings (SSSR count). The summed E-state index contributed by atoms with van der Waals surface area (Å²) in [5.74, 6) is 0.402. The maximum absolute atomic E-state index is 12.8. The Morgan fingerprint density at radius 2 is 1.96 bits per heavy atom. The Labute approximate surface area is 133 Å². The minimum atomic E-state index is -4.48. The zero-order valence-corrected chi connectivity index (χ0v) is 12.2. The van der Waals surface area contributed by atoms with Gasteiger partial charge in [-0.2, -0.15) is 13.2 Å². The zero-order valence-electron chi connectivity index (χ0n) is 12.2. The van der Waals surface area contributed by atoms with E-state index < -0.39 is 16.7 Å². The Morgan fingerprint density at radius 1 is 1.21 bits per heavy atom. The summed E-state index contributed by atoms with van der Waals surface area (Å²) in [6.45, 7) is 0. The van der Waals surface area contributed by atoms with Crippen molar-refractivity contribution in [3.05, 3.63) is 52.1 Å². The minimum absolute atomic E-state index is 0.110. The number of hydrogen-bond donors (Lipinski definition) is 1. The van der Waals surface area contributed by atoms with E-state index in [2.05, 4.69) is 9.97 Å². The monoisotopic (exact) mass is 337 g/mol. The average molecular weight is 337 g/mol. The first kappa shape index (κ1) is 15.8. The highest BCUT2D eigenvalue weighted by atomic mass is 19.4. The van der Waals surface area contributed by atoms with Crippen molar-refractivity contribution in [2.45, 2.75) is 6.18 Å². The van der Waals surface area contributed by atoms with Gasteiger partial charge < -0.3 is 9.72 Å². The molecule has 1 aromatic heterocycles. The molecule has 0 aliphatic heterocycles. The van der Waals surface area contributed by atoms with E-state index in [0.717, 1.165) is 12.1 Å². The molecule has 0 bridgehead atoms.